The highest BCUT2D eigenvalue weighted by Gasteiger charge is 2.40. The van der Waals surface area contributed by atoms with Crippen molar-refractivity contribution in [1.29, 1.82) is 10.5 Å². The number of aromatic nitrogens is 1. The van der Waals surface area contributed by atoms with Gasteiger partial charge in [0.2, 0.25) is 0 Å². The molecule has 4 aromatic rings. The van der Waals surface area contributed by atoms with E-state index in [1.807, 2.05) is 23.1 Å². The van der Waals surface area contributed by atoms with Crippen molar-refractivity contribution in [2.24, 2.45) is 0 Å². The minimum absolute atomic E-state index is 0.0721. The van der Waals surface area contributed by atoms with E-state index in [-0.39, 0.29) is 30.2 Å². The summed E-state index contributed by atoms with van der Waals surface area (Å²) in [6.07, 6.45) is 3.98. The van der Waals surface area contributed by atoms with Gasteiger partial charge in [-0.2, -0.15) is 10.5 Å². The highest BCUT2D eigenvalue weighted by Crippen LogP contribution is 2.39. The second-order valence-corrected chi connectivity index (χ2v) is 13.8. The number of rotatable bonds is 9. The van der Waals surface area contributed by atoms with Gasteiger partial charge < -0.3 is 29.5 Å². The number of hydrogen-bond acceptors (Lipinski definition) is 9. The Morgan fingerprint density at radius 2 is 1.83 bits per heavy atom. The molecule has 1 aliphatic heterocycles. The zero-order chi connectivity index (χ0) is 38.4. The molecule has 11 nitrogen and oxygen atoms in total. The molecule has 0 aliphatic carbocycles. The first-order valence-corrected chi connectivity index (χ1v) is 16.9. The fourth-order valence-electron chi connectivity index (χ4n) is 6.56. The second-order valence-electron chi connectivity index (χ2n) is 13.8. The number of hydrogen-bond donors (Lipinski definition) is 2. The van der Waals surface area contributed by atoms with Gasteiger partial charge in [0.25, 0.3) is 0 Å². The monoisotopic (exact) mass is 717 g/mol. The maximum Gasteiger partial charge on any atom is 0.410 e. The minimum Gasteiger partial charge on any atom is -0.504 e. The van der Waals surface area contributed by atoms with Crippen LogP contribution < -0.4 is 9.64 Å². The van der Waals surface area contributed by atoms with Gasteiger partial charge in [0.1, 0.15) is 23.6 Å². The Morgan fingerprint density at radius 3 is 2.43 bits per heavy atom. The van der Waals surface area contributed by atoms with Gasteiger partial charge in [-0.3, -0.25) is 4.98 Å². The SMILES string of the molecule is COc1ccc(-c2cnc(C3CN(c4ccc(C#N)c(F)c4)CCC3N(Cc3ccc(/C=C/C(=O)O)cc3)C(=O)OC(C)(C)C)c(C)c2C#N)cc1O. The Bertz CT molecular complexity index is 2130. The van der Waals surface area contributed by atoms with Crippen molar-refractivity contribution in [1.82, 2.24) is 9.88 Å². The third kappa shape index (κ3) is 8.74. The molecular weight excluding hydrogens is 677 g/mol. The number of carboxylic acids is 1. The van der Waals surface area contributed by atoms with Gasteiger partial charge in [-0.1, -0.05) is 30.3 Å². The van der Waals surface area contributed by atoms with E-state index in [0.29, 0.717) is 52.2 Å². The lowest BCUT2D eigenvalue weighted by Crippen LogP contribution is -2.53. The number of aromatic hydroxyl groups is 1. The summed E-state index contributed by atoms with van der Waals surface area (Å²) in [4.78, 5) is 33.7. The lowest BCUT2D eigenvalue weighted by Gasteiger charge is -2.45. The summed E-state index contributed by atoms with van der Waals surface area (Å²) in [6, 6.07) is 20.1. The fraction of sp³-hybridized carbons (Fsp3) is 0.293. The number of piperidine rings is 1. The first kappa shape index (κ1) is 37.8. The summed E-state index contributed by atoms with van der Waals surface area (Å²) in [5, 5.41) is 39.3. The molecule has 272 valence electrons. The Hall–Kier alpha value is -6.40. The zero-order valence-corrected chi connectivity index (χ0v) is 30.1. The van der Waals surface area contributed by atoms with Gasteiger partial charge in [-0.15, -0.1) is 0 Å². The molecule has 1 amide bonds. The number of halogens is 1. The number of nitrogens with zero attached hydrogens (tertiary/aromatic N) is 5. The molecular formula is C41H40FN5O6. The Kier molecular flexibility index (Phi) is 11.3. The molecule has 2 N–H and O–H groups in total. The third-order valence-electron chi connectivity index (χ3n) is 9.11. The molecule has 12 heteroatoms. The smallest absolute Gasteiger partial charge is 0.410 e. The molecule has 3 aromatic carbocycles. The standard InChI is InChI=1S/C41H40FN5O6/c1-25-31(21-44)32(28-12-14-37(52-5)36(48)18-28)22-45-39(25)33-24-46(30-13-11-29(20-43)34(42)19-30)17-16-35(33)47(40(51)53-41(2,3)4)23-27-8-6-26(7-9-27)10-15-38(49)50/h6-15,18-19,22,33,35,48H,16-17,23-24H2,1-5H3,(H,49,50)/b15-10+. The van der Waals surface area contributed by atoms with Gasteiger partial charge in [-0.25, -0.2) is 14.0 Å². The summed E-state index contributed by atoms with van der Waals surface area (Å²) in [5.41, 5.74) is 3.68. The van der Waals surface area contributed by atoms with E-state index in [1.165, 1.54) is 31.4 Å². The summed E-state index contributed by atoms with van der Waals surface area (Å²) >= 11 is 0. The number of methoxy groups -OCH3 is 1. The predicted molar refractivity (Wildman–Crippen MR) is 197 cm³/mol. The number of benzene rings is 3. The van der Waals surface area contributed by atoms with Crippen LogP contribution in [0.5, 0.6) is 11.5 Å². The van der Waals surface area contributed by atoms with Crippen molar-refractivity contribution >= 4 is 23.8 Å². The largest absolute Gasteiger partial charge is 0.504 e. The normalized spacial score (nSPS) is 15.7. The van der Waals surface area contributed by atoms with Crippen LogP contribution >= 0.6 is 0 Å². The van der Waals surface area contributed by atoms with E-state index in [9.17, 15) is 29.6 Å². The van der Waals surface area contributed by atoms with Crippen LogP contribution in [0.2, 0.25) is 0 Å². The molecule has 0 radical (unpaired) electrons. The van der Waals surface area contributed by atoms with Crippen LogP contribution in [-0.4, -0.2) is 64.0 Å². The number of phenols is 1. The molecule has 53 heavy (non-hydrogen) atoms. The second kappa shape index (κ2) is 15.9. The van der Waals surface area contributed by atoms with Crippen LogP contribution in [-0.2, 0) is 16.1 Å². The average Bonchev–Trinajstić information content (AvgIpc) is 3.12. The van der Waals surface area contributed by atoms with Gasteiger partial charge in [-0.05, 0) is 92.8 Å². The summed E-state index contributed by atoms with van der Waals surface area (Å²) in [6.45, 7) is 8.02. The van der Waals surface area contributed by atoms with Crippen molar-refractivity contribution in [2.45, 2.75) is 58.2 Å². The van der Waals surface area contributed by atoms with Crippen LogP contribution in [0.25, 0.3) is 17.2 Å². The number of pyridine rings is 1. The van der Waals surface area contributed by atoms with Gasteiger partial charge in [0.05, 0.1) is 23.9 Å². The number of amides is 1. The third-order valence-corrected chi connectivity index (χ3v) is 9.11. The summed E-state index contributed by atoms with van der Waals surface area (Å²) < 4.78 is 26.0. The molecule has 1 aromatic heterocycles. The van der Waals surface area contributed by atoms with Crippen LogP contribution in [0.15, 0.2) is 72.9 Å². The minimum atomic E-state index is -1.06. The summed E-state index contributed by atoms with van der Waals surface area (Å²) in [7, 11) is 1.45. The Labute approximate surface area is 307 Å². The zero-order valence-electron chi connectivity index (χ0n) is 30.1. The topological polar surface area (TPSA) is 160 Å². The highest BCUT2D eigenvalue weighted by atomic mass is 19.1. The van der Waals surface area contributed by atoms with E-state index < -0.39 is 35.4 Å². The molecule has 0 spiro atoms. The van der Waals surface area contributed by atoms with Gasteiger partial charge in [0.15, 0.2) is 11.5 Å². The number of carbonyl (C=O) groups is 2. The van der Waals surface area contributed by atoms with Crippen LogP contribution in [0.3, 0.4) is 0 Å². The van der Waals surface area contributed by atoms with Crippen LogP contribution in [0, 0.1) is 35.4 Å². The molecule has 2 atom stereocenters. The molecule has 5 rings (SSSR count). The molecule has 0 bridgehead atoms. The lowest BCUT2D eigenvalue weighted by atomic mass is 9.83. The Balaban J connectivity index is 1.61. The number of phenolic OH excluding ortho intramolecular Hbond substituents is 1. The van der Waals surface area contributed by atoms with Crippen molar-refractivity contribution < 1.29 is 33.7 Å². The molecule has 1 aliphatic rings. The molecule has 2 heterocycles. The lowest BCUT2D eigenvalue weighted by molar-refractivity contribution is -0.131. The first-order valence-electron chi connectivity index (χ1n) is 16.9. The van der Waals surface area contributed by atoms with Crippen molar-refractivity contribution in [3.05, 3.63) is 112 Å². The van der Waals surface area contributed by atoms with Crippen LogP contribution in [0.4, 0.5) is 14.9 Å². The van der Waals surface area contributed by atoms with Gasteiger partial charge in [0, 0.05) is 55.1 Å². The fourth-order valence-corrected chi connectivity index (χ4v) is 6.56. The first-order chi connectivity index (χ1) is 25.2. The van der Waals surface area contributed by atoms with Crippen LogP contribution in [0.1, 0.15) is 66.6 Å². The summed E-state index contributed by atoms with van der Waals surface area (Å²) in [5.74, 6) is -2.02. The molecule has 1 saturated heterocycles. The van der Waals surface area contributed by atoms with E-state index in [2.05, 4.69) is 6.07 Å². The average molecular weight is 718 g/mol. The van der Waals surface area contributed by atoms with E-state index in [0.717, 1.165) is 11.6 Å². The predicted octanol–water partition coefficient (Wildman–Crippen LogP) is 7.55. The number of nitriles is 2. The number of aliphatic carboxylic acids is 1. The quantitative estimate of drug-likeness (QED) is 0.166. The van der Waals surface area contributed by atoms with Crippen molar-refractivity contribution in [3.8, 4) is 34.8 Å². The Morgan fingerprint density at radius 1 is 1.09 bits per heavy atom. The van der Waals surface area contributed by atoms with Crippen molar-refractivity contribution in [2.75, 3.05) is 25.1 Å². The van der Waals surface area contributed by atoms with E-state index in [1.54, 1.807) is 69.1 Å². The number of carboxylic acid groups (broad SMARTS) is 1. The molecule has 2 unspecified atom stereocenters. The number of ether oxygens (including phenoxy) is 2. The maximum absolute atomic E-state index is 14.9. The maximum atomic E-state index is 14.9. The van der Waals surface area contributed by atoms with Crippen molar-refractivity contribution in [3.63, 3.8) is 0 Å². The number of anilines is 1. The number of carbonyl (C=O) groups excluding carboxylic acids is 1. The molecule has 1 fully saturated rings. The van der Waals surface area contributed by atoms with E-state index >= 15 is 0 Å². The molecule has 0 saturated carbocycles. The highest BCUT2D eigenvalue weighted by molar-refractivity contribution is 5.85. The van der Waals surface area contributed by atoms with E-state index in [4.69, 9.17) is 19.6 Å². The van der Waals surface area contributed by atoms with Gasteiger partial charge >= 0.3 is 12.1 Å².